The fourth-order valence-electron chi connectivity index (χ4n) is 1.18. The Morgan fingerprint density at radius 3 is 2.80 bits per heavy atom. The Morgan fingerprint density at radius 1 is 1.67 bits per heavy atom. The summed E-state index contributed by atoms with van der Waals surface area (Å²) in [6, 6.07) is 3.24. The summed E-state index contributed by atoms with van der Waals surface area (Å²) < 4.78 is 17.9. The first kappa shape index (κ1) is 11.5. The van der Waals surface area contributed by atoms with E-state index < -0.39 is 17.8 Å². The Labute approximate surface area is 86.5 Å². The number of methoxy groups -OCH3 is 1. The minimum absolute atomic E-state index is 0.0935. The number of carboxylic acid groups (broad SMARTS) is 1. The molecular formula is C10H12FNO3. The summed E-state index contributed by atoms with van der Waals surface area (Å²) in [5, 5.41) is 8.57. The molecule has 0 aliphatic rings. The Morgan fingerprint density at radius 2 is 2.33 bits per heavy atom. The van der Waals surface area contributed by atoms with Crippen molar-refractivity contribution in [2.24, 2.45) is 5.73 Å². The molecule has 0 bridgehead atoms. The van der Waals surface area contributed by atoms with Crippen LogP contribution in [0.4, 0.5) is 4.39 Å². The van der Waals surface area contributed by atoms with E-state index in [0.717, 1.165) is 0 Å². The van der Waals surface area contributed by atoms with Gasteiger partial charge < -0.3 is 15.6 Å². The van der Waals surface area contributed by atoms with Gasteiger partial charge in [-0.1, -0.05) is 6.07 Å². The summed E-state index contributed by atoms with van der Waals surface area (Å²) in [5.41, 5.74) is 5.85. The molecule has 0 heterocycles. The molecule has 4 nitrogen and oxygen atoms in total. The first-order valence-electron chi connectivity index (χ1n) is 4.35. The second-order valence-electron chi connectivity index (χ2n) is 3.12. The quantitative estimate of drug-likeness (QED) is 0.775. The molecule has 3 N–H and O–H groups in total. The van der Waals surface area contributed by atoms with E-state index in [2.05, 4.69) is 0 Å². The van der Waals surface area contributed by atoms with Crippen LogP contribution < -0.4 is 10.5 Å². The number of aliphatic carboxylic acids is 1. The third-order valence-corrected chi connectivity index (χ3v) is 1.99. The highest BCUT2D eigenvalue weighted by Crippen LogP contribution is 2.18. The molecule has 0 aromatic heterocycles. The van der Waals surface area contributed by atoms with Crippen LogP contribution in [0.1, 0.15) is 5.56 Å². The first-order chi connectivity index (χ1) is 7.04. The number of hydrogen-bond acceptors (Lipinski definition) is 3. The molecule has 1 atom stereocenters. The molecule has 0 saturated heterocycles. The van der Waals surface area contributed by atoms with Gasteiger partial charge in [0.25, 0.3) is 0 Å². The zero-order valence-electron chi connectivity index (χ0n) is 8.24. The molecule has 1 rings (SSSR count). The Kier molecular flexibility index (Phi) is 3.62. The number of ether oxygens (including phenoxy) is 1. The van der Waals surface area contributed by atoms with E-state index in [1.165, 1.54) is 19.2 Å². The van der Waals surface area contributed by atoms with Crippen LogP contribution in [0.5, 0.6) is 5.75 Å². The zero-order valence-corrected chi connectivity index (χ0v) is 8.24. The minimum Gasteiger partial charge on any atom is -0.494 e. The monoisotopic (exact) mass is 213 g/mol. The first-order valence-corrected chi connectivity index (χ1v) is 4.35. The van der Waals surface area contributed by atoms with Crippen molar-refractivity contribution in [1.82, 2.24) is 0 Å². The standard InChI is InChI=1S/C10H12FNO3/c1-15-9-3-2-6(4-7(9)11)5-8(12)10(13)14/h2-4,8H,5,12H2,1H3,(H,13,14)/t8-/m1/s1. The molecule has 0 saturated carbocycles. The second kappa shape index (κ2) is 4.75. The average molecular weight is 213 g/mol. The van der Waals surface area contributed by atoms with Gasteiger partial charge in [0, 0.05) is 0 Å². The van der Waals surface area contributed by atoms with Crippen LogP contribution in [0.15, 0.2) is 18.2 Å². The van der Waals surface area contributed by atoms with Crippen molar-refractivity contribution >= 4 is 5.97 Å². The van der Waals surface area contributed by atoms with Crippen molar-refractivity contribution in [2.45, 2.75) is 12.5 Å². The van der Waals surface area contributed by atoms with Crippen molar-refractivity contribution in [3.8, 4) is 5.75 Å². The molecule has 0 amide bonds. The summed E-state index contributed by atoms with van der Waals surface area (Å²) in [4.78, 5) is 10.5. The summed E-state index contributed by atoms with van der Waals surface area (Å²) in [5.74, 6) is -1.50. The molecular weight excluding hydrogens is 201 g/mol. The van der Waals surface area contributed by atoms with Crippen molar-refractivity contribution in [2.75, 3.05) is 7.11 Å². The van der Waals surface area contributed by atoms with Crippen molar-refractivity contribution in [3.63, 3.8) is 0 Å². The van der Waals surface area contributed by atoms with E-state index in [4.69, 9.17) is 15.6 Å². The second-order valence-corrected chi connectivity index (χ2v) is 3.12. The molecule has 0 aliphatic heterocycles. The van der Waals surface area contributed by atoms with Crippen molar-refractivity contribution < 1.29 is 19.0 Å². The van der Waals surface area contributed by atoms with Crippen LogP contribution >= 0.6 is 0 Å². The summed E-state index contributed by atoms with van der Waals surface area (Å²) >= 11 is 0. The normalized spacial score (nSPS) is 12.2. The fourth-order valence-corrected chi connectivity index (χ4v) is 1.18. The van der Waals surface area contributed by atoms with Crippen LogP contribution in [0.2, 0.25) is 0 Å². The number of benzene rings is 1. The van der Waals surface area contributed by atoms with Gasteiger partial charge in [-0.3, -0.25) is 4.79 Å². The molecule has 15 heavy (non-hydrogen) atoms. The van der Waals surface area contributed by atoms with Gasteiger partial charge in [0.05, 0.1) is 7.11 Å². The smallest absolute Gasteiger partial charge is 0.320 e. The highest BCUT2D eigenvalue weighted by molar-refractivity contribution is 5.73. The van der Waals surface area contributed by atoms with E-state index >= 15 is 0 Å². The number of nitrogens with two attached hydrogens (primary N) is 1. The Bertz CT molecular complexity index is 368. The molecule has 1 aromatic carbocycles. The number of halogens is 1. The van der Waals surface area contributed by atoms with Gasteiger partial charge in [0.1, 0.15) is 6.04 Å². The highest BCUT2D eigenvalue weighted by atomic mass is 19.1. The fraction of sp³-hybridized carbons (Fsp3) is 0.300. The van der Waals surface area contributed by atoms with E-state index in [-0.39, 0.29) is 12.2 Å². The number of carboxylic acids is 1. The molecule has 0 unspecified atom stereocenters. The lowest BCUT2D eigenvalue weighted by atomic mass is 10.1. The minimum atomic E-state index is -1.11. The molecule has 0 spiro atoms. The lowest BCUT2D eigenvalue weighted by molar-refractivity contribution is -0.138. The average Bonchev–Trinajstić information content (AvgIpc) is 2.18. The maximum atomic E-state index is 13.2. The van der Waals surface area contributed by atoms with E-state index in [9.17, 15) is 9.18 Å². The zero-order chi connectivity index (χ0) is 11.4. The SMILES string of the molecule is COc1ccc(C[C@@H](N)C(=O)O)cc1F. The third-order valence-electron chi connectivity index (χ3n) is 1.99. The number of rotatable bonds is 4. The van der Waals surface area contributed by atoms with Gasteiger partial charge in [0.2, 0.25) is 0 Å². The van der Waals surface area contributed by atoms with Crippen molar-refractivity contribution in [3.05, 3.63) is 29.6 Å². The van der Waals surface area contributed by atoms with Crippen LogP contribution in [0.3, 0.4) is 0 Å². The molecule has 5 heteroatoms. The van der Waals surface area contributed by atoms with Crippen LogP contribution in [-0.2, 0) is 11.2 Å². The van der Waals surface area contributed by atoms with E-state index in [1.807, 2.05) is 0 Å². The predicted molar refractivity (Wildman–Crippen MR) is 52.3 cm³/mol. The summed E-state index contributed by atoms with van der Waals surface area (Å²) in [6.45, 7) is 0. The Hall–Kier alpha value is -1.62. The molecule has 0 fully saturated rings. The van der Waals surface area contributed by atoms with Gasteiger partial charge in [-0.2, -0.15) is 0 Å². The van der Waals surface area contributed by atoms with E-state index in [1.54, 1.807) is 6.07 Å². The van der Waals surface area contributed by atoms with Gasteiger partial charge >= 0.3 is 5.97 Å². The molecule has 82 valence electrons. The van der Waals surface area contributed by atoms with Crippen LogP contribution in [0, 0.1) is 5.82 Å². The lowest BCUT2D eigenvalue weighted by Gasteiger charge is -2.07. The maximum absolute atomic E-state index is 13.2. The maximum Gasteiger partial charge on any atom is 0.320 e. The lowest BCUT2D eigenvalue weighted by Crippen LogP contribution is -2.32. The van der Waals surface area contributed by atoms with Gasteiger partial charge in [0.15, 0.2) is 11.6 Å². The Balaban J connectivity index is 2.79. The van der Waals surface area contributed by atoms with Gasteiger partial charge in [-0.15, -0.1) is 0 Å². The summed E-state index contributed by atoms with van der Waals surface area (Å²) in [6.07, 6.45) is 0.0935. The van der Waals surface area contributed by atoms with E-state index in [0.29, 0.717) is 5.56 Å². The van der Waals surface area contributed by atoms with Crippen LogP contribution in [-0.4, -0.2) is 24.2 Å². The summed E-state index contributed by atoms with van der Waals surface area (Å²) in [7, 11) is 1.36. The topological polar surface area (TPSA) is 72.5 Å². The number of hydrogen-bond donors (Lipinski definition) is 2. The molecule has 0 radical (unpaired) electrons. The largest absolute Gasteiger partial charge is 0.494 e. The van der Waals surface area contributed by atoms with Crippen LogP contribution in [0.25, 0.3) is 0 Å². The van der Waals surface area contributed by atoms with Gasteiger partial charge in [-0.05, 0) is 24.1 Å². The predicted octanol–water partition coefficient (Wildman–Crippen LogP) is 0.789. The number of carbonyl (C=O) groups is 1. The molecule has 1 aromatic rings. The third kappa shape index (κ3) is 2.92. The molecule has 0 aliphatic carbocycles. The highest BCUT2D eigenvalue weighted by Gasteiger charge is 2.13. The van der Waals surface area contributed by atoms with Crippen molar-refractivity contribution in [1.29, 1.82) is 0 Å². The van der Waals surface area contributed by atoms with Gasteiger partial charge in [-0.25, -0.2) is 4.39 Å².